The maximum atomic E-state index is 14.2. The summed E-state index contributed by atoms with van der Waals surface area (Å²) in [6, 6.07) is 6.45. The molecule has 0 aliphatic heterocycles. The number of rotatable bonds is 4. The van der Waals surface area contributed by atoms with Crippen LogP contribution < -0.4 is 26.3 Å². The van der Waals surface area contributed by atoms with Crippen molar-refractivity contribution in [3.8, 4) is 11.5 Å². The average molecular weight is 312 g/mol. The van der Waals surface area contributed by atoms with E-state index in [9.17, 15) is 4.39 Å². The zero-order valence-corrected chi connectivity index (χ0v) is 12.3. The van der Waals surface area contributed by atoms with Gasteiger partial charge >= 0.3 is 0 Å². The summed E-state index contributed by atoms with van der Waals surface area (Å²) in [6.07, 6.45) is 0. The minimum atomic E-state index is -0.723. The highest BCUT2D eigenvalue weighted by molar-refractivity contribution is 6.33. The molecule has 2 aromatic carbocycles. The van der Waals surface area contributed by atoms with Gasteiger partial charge in [-0.25, -0.2) is 4.39 Å². The van der Waals surface area contributed by atoms with Gasteiger partial charge in [0.25, 0.3) is 0 Å². The lowest BCUT2D eigenvalue weighted by molar-refractivity contribution is 0.405. The second-order valence-electron chi connectivity index (χ2n) is 4.25. The van der Waals surface area contributed by atoms with Gasteiger partial charge in [0, 0.05) is 6.07 Å². The third-order valence-corrected chi connectivity index (χ3v) is 3.32. The first-order chi connectivity index (χ1) is 9.97. The summed E-state index contributed by atoms with van der Waals surface area (Å²) in [4.78, 5) is 0. The molecule has 0 aliphatic carbocycles. The van der Waals surface area contributed by atoms with Crippen LogP contribution in [0.15, 0.2) is 24.3 Å². The monoisotopic (exact) mass is 311 g/mol. The van der Waals surface area contributed by atoms with Crippen LogP contribution in [0.5, 0.6) is 11.5 Å². The van der Waals surface area contributed by atoms with Crippen molar-refractivity contribution in [1.82, 2.24) is 0 Å². The molecule has 7 heteroatoms. The fraction of sp³-hybridized carbons (Fsp3) is 0.143. The summed E-state index contributed by atoms with van der Waals surface area (Å²) >= 11 is 5.80. The number of nitrogen functional groups attached to an aromatic ring is 2. The van der Waals surface area contributed by atoms with Crippen LogP contribution in [0.1, 0.15) is 0 Å². The normalized spacial score (nSPS) is 10.3. The van der Waals surface area contributed by atoms with E-state index in [1.807, 2.05) is 0 Å². The number of hydrogen-bond acceptors (Lipinski definition) is 5. The van der Waals surface area contributed by atoms with Crippen LogP contribution in [0.3, 0.4) is 0 Å². The quantitative estimate of drug-likeness (QED) is 0.754. The van der Waals surface area contributed by atoms with E-state index in [-0.39, 0.29) is 22.1 Å². The summed E-state index contributed by atoms with van der Waals surface area (Å²) in [7, 11) is 3.03. The molecule has 0 radical (unpaired) electrons. The van der Waals surface area contributed by atoms with E-state index in [1.54, 1.807) is 18.2 Å². The highest BCUT2D eigenvalue weighted by Gasteiger charge is 2.16. The molecule has 2 rings (SSSR count). The van der Waals surface area contributed by atoms with Crippen molar-refractivity contribution in [3.05, 3.63) is 35.1 Å². The predicted octanol–water partition coefficient (Wildman–Crippen LogP) is 3.40. The highest BCUT2D eigenvalue weighted by atomic mass is 35.5. The average Bonchev–Trinajstić information content (AvgIpc) is 2.49. The van der Waals surface area contributed by atoms with Gasteiger partial charge in [0.05, 0.1) is 37.0 Å². The smallest absolute Gasteiger partial charge is 0.169 e. The Labute approximate surface area is 126 Å². The van der Waals surface area contributed by atoms with Crippen molar-refractivity contribution in [1.29, 1.82) is 0 Å². The van der Waals surface area contributed by atoms with Crippen LogP contribution >= 0.6 is 11.6 Å². The van der Waals surface area contributed by atoms with Crippen molar-refractivity contribution < 1.29 is 13.9 Å². The molecule has 0 heterocycles. The Kier molecular flexibility index (Phi) is 4.28. The topological polar surface area (TPSA) is 82.5 Å². The molecule has 0 aromatic heterocycles. The van der Waals surface area contributed by atoms with Gasteiger partial charge in [-0.3, -0.25) is 0 Å². The van der Waals surface area contributed by atoms with Crippen LogP contribution in [0.4, 0.5) is 27.1 Å². The van der Waals surface area contributed by atoms with Crippen molar-refractivity contribution in [3.63, 3.8) is 0 Å². The molecule has 0 saturated heterocycles. The van der Waals surface area contributed by atoms with Crippen LogP contribution in [0, 0.1) is 5.82 Å². The van der Waals surface area contributed by atoms with Crippen molar-refractivity contribution in [2.24, 2.45) is 0 Å². The Hall–Kier alpha value is -2.34. The van der Waals surface area contributed by atoms with Gasteiger partial charge in [0.1, 0.15) is 16.5 Å². The van der Waals surface area contributed by atoms with Crippen LogP contribution in [-0.2, 0) is 0 Å². The largest absolute Gasteiger partial charge is 0.497 e. The standard InChI is InChI=1S/C14H15ClFN3O2/c1-20-7-3-4-11(21-2)10(5-7)19-14-9(18)6-8(17)12(15)13(14)16/h3-6,19H,17-18H2,1-2H3. The molecule has 0 fully saturated rings. The number of anilines is 4. The lowest BCUT2D eigenvalue weighted by Gasteiger charge is -2.16. The summed E-state index contributed by atoms with van der Waals surface area (Å²) in [5.74, 6) is 0.361. The molecule has 21 heavy (non-hydrogen) atoms. The zero-order valence-electron chi connectivity index (χ0n) is 11.5. The van der Waals surface area contributed by atoms with Gasteiger partial charge in [-0.15, -0.1) is 0 Å². The van der Waals surface area contributed by atoms with E-state index >= 15 is 0 Å². The first-order valence-corrected chi connectivity index (χ1v) is 6.37. The van der Waals surface area contributed by atoms with E-state index in [1.165, 1.54) is 20.3 Å². The SMILES string of the molecule is COc1ccc(OC)c(Nc2c(N)cc(N)c(Cl)c2F)c1. The Morgan fingerprint density at radius 2 is 1.81 bits per heavy atom. The number of nitrogens with one attached hydrogen (secondary N) is 1. The zero-order chi connectivity index (χ0) is 15.6. The summed E-state index contributed by atoms with van der Waals surface area (Å²) in [5, 5.41) is 2.67. The van der Waals surface area contributed by atoms with E-state index in [0.717, 1.165) is 0 Å². The predicted molar refractivity (Wildman–Crippen MR) is 83.1 cm³/mol. The molecule has 0 bridgehead atoms. The third kappa shape index (κ3) is 2.90. The molecule has 5 nitrogen and oxygen atoms in total. The second kappa shape index (κ2) is 5.97. The molecule has 0 aliphatic rings. The highest BCUT2D eigenvalue weighted by Crippen LogP contribution is 2.38. The first kappa shape index (κ1) is 15.1. The van der Waals surface area contributed by atoms with Crippen molar-refractivity contribution >= 4 is 34.4 Å². The van der Waals surface area contributed by atoms with E-state index in [0.29, 0.717) is 17.2 Å². The maximum absolute atomic E-state index is 14.2. The molecular weight excluding hydrogens is 297 g/mol. The Morgan fingerprint density at radius 1 is 1.10 bits per heavy atom. The number of nitrogens with two attached hydrogens (primary N) is 2. The van der Waals surface area contributed by atoms with E-state index in [2.05, 4.69) is 5.32 Å². The van der Waals surface area contributed by atoms with E-state index in [4.69, 9.17) is 32.5 Å². The molecule has 2 aromatic rings. The van der Waals surface area contributed by atoms with Crippen LogP contribution in [0.2, 0.25) is 5.02 Å². The molecule has 0 amide bonds. The molecular formula is C14H15ClFN3O2. The minimum absolute atomic E-state index is 0.0285. The minimum Gasteiger partial charge on any atom is -0.497 e. The Bertz CT molecular complexity index is 680. The number of benzene rings is 2. The molecule has 0 atom stereocenters. The Morgan fingerprint density at radius 3 is 2.43 bits per heavy atom. The maximum Gasteiger partial charge on any atom is 0.169 e. The fourth-order valence-electron chi connectivity index (χ4n) is 1.84. The lowest BCUT2D eigenvalue weighted by atomic mass is 10.2. The van der Waals surface area contributed by atoms with Crippen LogP contribution in [0.25, 0.3) is 0 Å². The van der Waals surface area contributed by atoms with E-state index < -0.39 is 5.82 Å². The van der Waals surface area contributed by atoms with Gasteiger partial charge in [0.15, 0.2) is 5.82 Å². The molecule has 112 valence electrons. The van der Waals surface area contributed by atoms with Gasteiger partial charge < -0.3 is 26.3 Å². The van der Waals surface area contributed by atoms with Gasteiger partial charge in [-0.2, -0.15) is 0 Å². The Balaban J connectivity index is 2.50. The second-order valence-corrected chi connectivity index (χ2v) is 4.63. The molecule has 0 unspecified atom stereocenters. The van der Waals surface area contributed by atoms with Crippen LogP contribution in [-0.4, -0.2) is 14.2 Å². The van der Waals surface area contributed by atoms with Crippen molar-refractivity contribution in [2.45, 2.75) is 0 Å². The number of hydrogen-bond donors (Lipinski definition) is 3. The fourth-order valence-corrected chi connectivity index (χ4v) is 1.99. The summed E-state index contributed by atoms with van der Waals surface area (Å²) in [5.41, 5.74) is 12.1. The van der Waals surface area contributed by atoms with Gasteiger partial charge in [-0.05, 0) is 18.2 Å². The number of methoxy groups -OCH3 is 2. The number of ether oxygens (including phenoxy) is 2. The summed E-state index contributed by atoms with van der Waals surface area (Å²) in [6.45, 7) is 0. The molecule has 0 saturated carbocycles. The molecule has 0 spiro atoms. The first-order valence-electron chi connectivity index (χ1n) is 6.00. The third-order valence-electron chi connectivity index (χ3n) is 2.93. The number of halogens is 2. The van der Waals surface area contributed by atoms with Gasteiger partial charge in [0.2, 0.25) is 0 Å². The molecule has 5 N–H and O–H groups in total. The summed E-state index contributed by atoms with van der Waals surface area (Å²) < 4.78 is 24.5. The lowest BCUT2D eigenvalue weighted by Crippen LogP contribution is -2.04. The van der Waals surface area contributed by atoms with Gasteiger partial charge in [-0.1, -0.05) is 11.6 Å². The van der Waals surface area contributed by atoms with Crippen molar-refractivity contribution in [2.75, 3.05) is 31.0 Å².